The number of nitrogens with zero attached hydrogens (tertiary/aromatic N) is 3. The van der Waals surface area contributed by atoms with Gasteiger partial charge >= 0.3 is 0 Å². The van der Waals surface area contributed by atoms with Gasteiger partial charge in [0.05, 0.1) is 6.61 Å². The first-order valence-corrected chi connectivity index (χ1v) is 8.28. The molecule has 1 atom stereocenters. The maximum Gasteiger partial charge on any atom is 0.259 e. The Bertz CT molecular complexity index is 572. The quantitative estimate of drug-likeness (QED) is 0.820. The summed E-state index contributed by atoms with van der Waals surface area (Å²) in [5.41, 5.74) is 3.94. The third-order valence-electron chi connectivity index (χ3n) is 4.47. The van der Waals surface area contributed by atoms with Crippen molar-refractivity contribution in [3.63, 3.8) is 0 Å². The minimum atomic E-state index is -0.592. The second kappa shape index (κ2) is 7.74. The summed E-state index contributed by atoms with van der Waals surface area (Å²) in [6.45, 7) is 4.07. The molecule has 2 aliphatic heterocycles. The monoisotopic (exact) mass is 332 g/mol. The number of carbonyl (C=O) groups excluding carboxylic acids is 2. The number of ether oxygens (including phenoxy) is 1. The molecule has 0 spiro atoms. The highest BCUT2D eigenvalue weighted by molar-refractivity contribution is 5.88. The van der Waals surface area contributed by atoms with E-state index in [4.69, 9.17) is 4.74 Å². The minimum absolute atomic E-state index is 0.0329. The average molecular weight is 332 g/mol. The number of morpholine rings is 1. The van der Waals surface area contributed by atoms with Gasteiger partial charge in [-0.3, -0.25) is 15.0 Å². The fourth-order valence-electron chi connectivity index (χ4n) is 2.95. The predicted molar refractivity (Wildman–Crippen MR) is 88.8 cm³/mol. The van der Waals surface area contributed by atoms with Crippen LogP contribution in [0.1, 0.15) is 5.56 Å². The topological polar surface area (TPSA) is 65.1 Å². The van der Waals surface area contributed by atoms with Gasteiger partial charge in [0.1, 0.15) is 12.6 Å². The standard InChI is InChI=1S/C17H24N4O3/c1-19-7-9-20(10-8-19)18-17(23)15-12-24-13-16(22)21(15)11-14-5-3-2-4-6-14/h2-6,15H,7-13H2,1H3,(H,18,23)/t15-/m0/s1. The summed E-state index contributed by atoms with van der Waals surface area (Å²) >= 11 is 0. The lowest BCUT2D eigenvalue weighted by Gasteiger charge is -2.37. The Balaban J connectivity index is 1.64. The van der Waals surface area contributed by atoms with Crippen LogP contribution in [0.2, 0.25) is 0 Å². The van der Waals surface area contributed by atoms with E-state index in [0.717, 1.165) is 31.7 Å². The fraction of sp³-hybridized carbons (Fsp3) is 0.529. The second-order valence-corrected chi connectivity index (χ2v) is 6.30. The zero-order valence-electron chi connectivity index (χ0n) is 14.0. The molecule has 0 unspecified atom stereocenters. The lowest BCUT2D eigenvalue weighted by Crippen LogP contribution is -2.60. The molecule has 0 radical (unpaired) electrons. The molecule has 0 aliphatic carbocycles. The molecule has 1 N–H and O–H groups in total. The Labute approximate surface area is 142 Å². The SMILES string of the molecule is CN1CCN(NC(=O)[C@@H]2COCC(=O)N2Cc2ccccc2)CC1. The van der Waals surface area contributed by atoms with E-state index in [0.29, 0.717) is 6.54 Å². The van der Waals surface area contributed by atoms with Gasteiger partial charge in [-0.25, -0.2) is 5.01 Å². The smallest absolute Gasteiger partial charge is 0.259 e. The number of hydrazine groups is 1. The molecule has 1 aromatic carbocycles. The van der Waals surface area contributed by atoms with Crippen LogP contribution in [0.25, 0.3) is 0 Å². The fourth-order valence-corrected chi connectivity index (χ4v) is 2.95. The van der Waals surface area contributed by atoms with Crippen LogP contribution in [-0.4, -0.2) is 79.1 Å². The van der Waals surface area contributed by atoms with Crippen molar-refractivity contribution in [3.05, 3.63) is 35.9 Å². The number of nitrogens with one attached hydrogen (secondary N) is 1. The van der Waals surface area contributed by atoms with E-state index < -0.39 is 6.04 Å². The van der Waals surface area contributed by atoms with Gasteiger partial charge in [0.25, 0.3) is 5.91 Å². The van der Waals surface area contributed by atoms with Crippen molar-refractivity contribution in [2.24, 2.45) is 0 Å². The number of likely N-dealkylation sites (N-methyl/N-ethyl adjacent to an activating group) is 1. The molecule has 2 aliphatic rings. The molecule has 7 nitrogen and oxygen atoms in total. The second-order valence-electron chi connectivity index (χ2n) is 6.30. The Kier molecular flexibility index (Phi) is 5.44. The zero-order valence-corrected chi connectivity index (χ0v) is 14.0. The number of amides is 2. The summed E-state index contributed by atoms with van der Waals surface area (Å²) in [4.78, 5) is 28.7. The van der Waals surface area contributed by atoms with Crippen LogP contribution in [0.4, 0.5) is 0 Å². The Morgan fingerprint density at radius 2 is 1.92 bits per heavy atom. The van der Waals surface area contributed by atoms with Crippen LogP contribution in [0.5, 0.6) is 0 Å². The molecular formula is C17H24N4O3. The number of hydrogen-bond donors (Lipinski definition) is 1. The van der Waals surface area contributed by atoms with Gasteiger partial charge in [0, 0.05) is 32.7 Å². The summed E-state index contributed by atoms with van der Waals surface area (Å²) in [6, 6.07) is 9.11. The first-order valence-electron chi connectivity index (χ1n) is 8.28. The molecule has 2 amide bonds. The van der Waals surface area contributed by atoms with E-state index in [1.165, 1.54) is 0 Å². The van der Waals surface area contributed by atoms with E-state index in [1.807, 2.05) is 35.3 Å². The number of piperazine rings is 1. The van der Waals surface area contributed by atoms with Crippen molar-refractivity contribution in [3.8, 4) is 0 Å². The minimum Gasteiger partial charge on any atom is -0.369 e. The summed E-state index contributed by atoms with van der Waals surface area (Å²) in [5.74, 6) is -0.327. The maximum absolute atomic E-state index is 12.7. The first kappa shape index (κ1) is 16.9. The normalized spacial score (nSPS) is 23.3. The lowest BCUT2D eigenvalue weighted by molar-refractivity contribution is -0.157. The van der Waals surface area contributed by atoms with E-state index in [9.17, 15) is 9.59 Å². The lowest BCUT2D eigenvalue weighted by atomic mass is 10.1. The molecule has 1 aromatic rings. The van der Waals surface area contributed by atoms with Gasteiger partial charge in [-0.15, -0.1) is 0 Å². The molecule has 2 fully saturated rings. The maximum atomic E-state index is 12.7. The molecule has 2 heterocycles. The van der Waals surface area contributed by atoms with Gasteiger partial charge in [0.15, 0.2) is 0 Å². The Morgan fingerprint density at radius 3 is 2.62 bits per heavy atom. The van der Waals surface area contributed by atoms with Crippen molar-refractivity contribution in [1.29, 1.82) is 0 Å². The van der Waals surface area contributed by atoms with Gasteiger partial charge < -0.3 is 14.5 Å². The first-order chi connectivity index (χ1) is 11.6. The van der Waals surface area contributed by atoms with Crippen LogP contribution in [-0.2, 0) is 20.9 Å². The Hall–Kier alpha value is -1.96. The molecule has 0 aromatic heterocycles. The van der Waals surface area contributed by atoms with E-state index in [2.05, 4.69) is 17.4 Å². The molecule has 0 saturated carbocycles. The van der Waals surface area contributed by atoms with Crippen molar-refractivity contribution in [2.75, 3.05) is 46.4 Å². The zero-order chi connectivity index (χ0) is 16.9. The van der Waals surface area contributed by atoms with Crippen LogP contribution < -0.4 is 5.43 Å². The third kappa shape index (κ3) is 4.11. The highest BCUT2D eigenvalue weighted by atomic mass is 16.5. The average Bonchev–Trinajstić information content (AvgIpc) is 2.59. The largest absolute Gasteiger partial charge is 0.369 e. The summed E-state index contributed by atoms with van der Waals surface area (Å²) < 4.78 is 5.31. The number of benzene rings is 1. The third-order valence-corrected chi connectivity index (χ3v) is 4.47. The molecule has 7 heteroatoms. The summed E-state index contributed by atoms with van der Waals surface area (Å²) in [6.07, 6.45) is 0. The number of carbonyl (C=O) groups is 2. The molecule has 130 valence electrons. The highest BCUT2D eigenvalue weighted by Crippen LogP contribution is 2.14. The van der Waals surface area contributed by atoms with Gasteiger partial charge in [-0.05, 0) is 12.6 Å². The van der Waals surface area contributed by atoms with Gasteiger partial charge in [0.2, 0.25) is 5.91 Å². The Morgan fingerprint density at radius 1 is 1.21 bits per heavy atom. The van der Waals surface area contributed by atoms with Crippen molar-refractivity contribution in [1.82, 2.24) is 20.2 Å². The number of hydrogen-bond acceptors (Lipinski definition) is 5. The van der Waals surface area contributed by atoms with Crippen molar-refractivity contribution < 1.29 is 14.3 Å². The van der Waals surface area contributed by atoms with Crippen molar-refractivity contribution >= 4 is 11.8 Å². The summed E-state index contributed by atoms with van der Waals surface area (Å²) in [5, 5.41) is 1.92. The van der Waals surface area contributed by atoms with Crippen LogP contribution >= 0.6 is 0 Å². The van der Waals surface area contributed by atoms with Crippen LogP contribution in [0.3, 0.4) is 0 Å². The van der Waals surface area contributed by atoms with E-state index in [-0.39, 0.29) is 25.0 Å². The highest BCUT2D eigenvalue weighted by Gasteiger charge is 2.35. The van der Waals surface area contributed by atoms with Crippen LogP contribution in [0.15, 0.2) is 30.3 Å². The predicted octanol–water partition coefficient (Wildman–Crippen LogP) is -0.307. The van der Waals surface area contributed by atoms with Gasteiger partial charge in [-0.1, -0.05) is 30.3 Å². The molecular weight excluding hydrogens is 308 g/mol. The molecule has 24 heavy (non-hydrogen) atoms. The van der Waals surface area contributed by atoms with E-state index in [1.54, 1.807) is 4.90 Å². The molecule has 0 bridgehead atoms. The summed E-state index contributed by atoms with van der Waals surface area (Å²) in [7, 11) is 2.06. The van der Waals surface area contributed by atoms with Crippen molar-refractivity contribution in [2.45, 2.75) is 12.6 Å². The molecule has 2 saturated heterocycles. The van der Waals surface area contributed by atoms with Gasteiger partial charge in [-0.2, -0.15) is 0 Å². The van der Waals surface area contributed by atoms with Crippen LogP contribution in [0, 0.1) is 0 Å². The molecule has 3 rings (SSSR count). The number of rotatable bonds is 4. The van der Waals surface area contributed by atoms with E-state index >= 15 is 0 Å².